The highest BCUT2D eigenvalue weighted by Gasteiger charge is 2.16. The van der Waals surface area contributed by atoms with Crippen LogP contribution in [0.5, 0.6) is 0 Å². The number of carbonyl (C=O) groups is 2. The Morgan fingerprint density at radius 3 is 2.65 bits per heavy atom. The van der Waals surface area contributed by atoms with E-state index in [4.69, 9.17) is 0 Å². The first-order chi connectivity index (χ1) is 14.8. The van der Waals surface area contributed by atoms with Gasteiger partial charge in [-0.3, -0.25) is 19.5 Å². The van der Waals surface area contributed by atoms with Gasteiger partial charge in [-0.25, -0.2) is 14.2 Å². The molecule has 0 spiro atoms. The lowest BCUT2D eigenvalue weighted by Crippen LogP contribution is -2.41. The first-order valence-electron chi connectivity index (χ1n) is 9.75. The number of aromatic nitrogens is 2. The number of nitrogens with zero attached hydrogens (tertiary/aromatic N) is 2. The molecule has 3 amide bonds. The van der Waals surface area contributed by atoms with Crippen LogP contribution >= 0.6 is 11.8 Å². The van der Waals surface area contributed by atoms with Crippen LogP contribution in [0.3, 0.4) is 0 Å². The van der Waals surface area contributed by atoms with Gasteiger partial charge in [0.1, 0.15) is 5.82 Å². The van der Waals surface area contributed by atoms with Crippen molar-refractivity contribution in [1.29, 1.82) is 0 Å². The Bertz CT molecular complexity index is 1190. The van der Waals surface area contributed by atoms with Gasteiger partial charge in [0.2, 0.25) is 5.91 Å². The fraction of sp³-hybridized carbons (Fsp3) is 0.273. The average molecular weight is 443 g/mol. The average Bonchev–Trinajstić information content (AvgIpc) is 2.73. The van der Waals surface area contributed by atoms with E-state index in [9.17, 15) is 18.8 Å². The minimum Gasteiger partial charge on any atom is -0.338 e. The molecule has 0 radical (unpaired) electrons. The van der Waals surface area contributed by atoms with Gasteiger partial charge in [-0.1, -0.05) is 43.8 Å². The third-order valence-corrected chi connectivity index (χ3v) is 5.35. The third kappa shape index (κ3) is 5.49. The fourth-order valence-corrected chi connectivity index (χ4v) is 3.60. The number of aryl methyl sites for hydroxylation is 1. The zero-order valence-corrected chi connectivity index (χ0v) is 18.3. The summed E-state index contributed by atoms with van der Waals surface area (Å²) in [5.41, 5.74) is 0.857. The summed E-state index contributed by atoms with van der Waals surface area (Å²) in [7, 11) is 0. The number of para-hydroxylation sites is 1. The van der Waals surface area contributed by atoms with Crippen molar-refractivity contribution in [3.8, 4) is 5.69 Å². The molecule has 2 N–H and O–H groups in total. The van der Waals surface area contributed by atoms with Crippen LogP contribution in [0.15, 0.2) is 52.4 Å². The fourth-order valence-electron chi connectivity index (χ4n) is 2.79. The Labute approximate surface area is 183 Å². The molecule has 0 atom stereocenters. The maximum Gasteiger partial charge on any atom is 0.321 e. The third-order valence-electron chi connectivity index (χ3n) is 4.41. The molecule has 0 aliphatic carbocycles. The zero-order chi connectivity index (χ0) is 22.5. The molecular weight excluding hydrogens is 419 g/mol. The monoisotopic (exact) mass is 442 g/mol. The standard InChI is InChI=1S/C22H23FN4O3S/c1-13(2)11-24-21(30)26-19(28)12-31-22-25-18-7-5-4-6-16(18)20(29)27(22)15-9-8-14(3)17(23)10-15/h4-10,13H,11-12H2,1-3H3,(H2,24,26,28,30). The number of hydrogen-bond donors (Lipinski definition) is 2. The van der Waals surface area contributed by atoms with Gasteiger partial charge in [0.15, 0.2) is 5.16 Å². The number of carbonyl (C=O) groups excluding carboxylic acids is 2. The Kier molecular flexibility index (Phi) is 7.06. The number of benzene rings is 2. The second kappa shape index (κ2) is 9.74. The van der Waals surface area contributed by atoms with E-state index in [0.717, 1.165) is 11.8 Å². The summed E-state index contributed by atoms with van der Waals surface area (Å²) in [6, 6.07) is 10.7. The molecule has 31 heavy (non-hydrogen) atoms. The van der Waals surface area contributed by atoms with Gasteiger partial charge in [-0.05, 0) is 42.7 Å². The zero-order valence-electron chi connectivity index (χ0n) is 17.4. The predicted octanol–water partition coefficient (Wildman–Crippen LogP) is 3.41. The van der Waals surface area contributed by atoms with E-state index in [1.165, 1.54) is 10.6 Å². The molecule has 9 heteroatoms. The summed E-state index contributed by atoms with van der Waals surface area (Å²) in [4.78, 5) is 41.6. The minimum absolute atomic E-state index is 0.145. The molecule has 0 fully saturated rings. The molecule has 3 rings (SSSR count). The highest BCUT2D eigenvalue weighted by molar-refractivity contribution is 7.99. The summed E-state index contributed by atoms with van der Waals surface area (Å²) in [5.74, 6) is -0.876. The summed E-state index contributed by atoms with van der Waals surface area (Å²) in [5, 5.41) is 5.46. The first-order valence-corrected chi connectivity index (χ1v) is 10.7. The number of thioether (sulfide) groups is 1. The molecule has 0 aliphatic heterocycles. The maximum absolute atomic E-state index is 14.2. The smallest absolute Gasteiger partial charge is 0.321 e. The molecule has 0 saturated heterocycles. The number of amides is 3. The molecule has 0 aliphatic rings. The molecular formula is C22H23FN4O3S. The molecule has 1 aromatic heterocycles. The van der Waals surface area contributed by atoms with E-state index in [2.05, 4.69) is 15.6 Å². The molecule has 0 bridgehead atoms. The molecule has 0 unspecified atom stereocenters. The van der Waals surface area contributed by atoms with Crippen LogP contribution in [0.25, 0.3) is 16.6 Å². The number of imide groups is 1. The van der Waals surface area contributed by atoms with E-state index >= 15 is 0 Å². The van der Waals surface area contributed by atoms with Crippen molar-refractivity contribution in [2.24, 2.45) is 5.92 Å². The van der Waals surface area contributed by atoms with Crippen LogP contribution in [-0.4, -0.2) is 33.8 Å². The summed E-state index contributed by atoms with van der Waals surface area (Å²) < 4.78 is 15.5. The molecule has 162 valence electrons. The van der Waals surface area contributed by atoms with E-state index < -0.39 is 17.8 Å². The topological polar surface area (TPSA) is 93.1 Å². The highest BCUT2D eigenvalue weighted by Crippen LogP contribution is 2.22. The van der Waals surface area contributed by atoms with E-state index in [-0.39, 0.29) is 22.4 Å². The molecule has 3 aromatic rings. The number of urea groups is 1. The van der Waals surface area contributed by atoms with Crippen LogP contribution in [0, 0.1) is 18.7 Å². The van der Waals surface area contributed by atoms with Gasteiger partial charge < -0.3 is 5.32 Å². The normalized spacial score (nSPS) is 11.0. The van der Waals surface area contributed by atoms with Gasteiger partial charge in [0.25, 0.3) is 5.56 Å². The number of nitrogens with one attached hydrogen (secondary N) is 2. The van der Waals surface area contributed by atoms with Crippen LogP contribution in [0.4, 0.5) is 9.18 Å². The SMILES string of the molecule is Cc1ccc(-n2c(SCC(=O)NC(=O)NCC(C)C)nc3ccccc3c2=O)cc1F. The van der Waals surface area contributed by atoms with Gasteiger partial charge in [0, 0.05) is 6.54 Å². The van der Waals surface area contributed by atoms with Crippen molar-refractivity contribution < 1.29 is 14.0 Å². The number of hydrogen-bond acceptors (Lipinski definition) is 5. The van der Waals surface area contributed by atoms with E-state index in [1.54, 1.807) is 43.3 Å². The molecule has 2 aromatic carbocycles. The lowest BCUT2D eigenvalue weighted by molar-refractivity contribution is -0.117. The lowest BCUT2D eigenvalue weighted by Gasteiger charge is -2.14. The van der Waals surface area contributed by atoms with Gasteiger partial charge in [-0.15, -0.1) is 0 Å². The van der Waals surface area contributed by atoms with Crippen LogP contribution < -0.4 is 16.2 Å². The van der Waals surface area contributed by atoms with Gasteiger partial charge in [-0.2, -0.15) is 0 Å². The number of fused-ring (bicyclic) bond motifs is 1. The van der Waals surface area contributed by atoms with Crippen LogP contribution in [-0.2, 0) is 4.79 Å². The Balaban J connectivity index is 1.90. The highest BCUT2D eigenvalue weighted by atomic mass is 32.2. The van der Waals surface area contributed by atoms with E-state index in [1.807, 2.05) is 13.8 Å². The number of rotatable bonds is 6. The second-order valence-corrected chi connectivity index (χ2v) is 8.37. The minimum atomic E-state index is -0.580. The lowest BCUT2D eigenvalue weighted by atomic mass is 10.2. The maximum atomic E-state index is 14.2. The number of halogens is 1. The second-order valence-electron chi connectivity index (χ2n) is 7.43. The van der Waals surface area contributed by atoms with Crippen molar-refractivity contribution in [1.82, 2.24) is 20.2 Å². The quantitative estimate of drug-likeness (QED) is 0.451. The Morgan fingerprint density at radius 1 is 1.19 bits per heavy atom. The summed E-state index contributed by atoms with van der Waals surface area (Å²) in [6.07, 6.45) is 0. The largest absolute Gasteiger partial charge is 0.338 e. The molecule has 7 nitrogen and oxygen atoms in total. The van der Waals surface area contributed by atoms with Crippen molar-refractivity contribution in [2.75, 3.05) is 12.3 Å². The van der Waals surface area contributed by atoms with Crippen molar-refractivity contribution in [2.45, 2.75) is 25.9 Å². The van der Waals surface area contributed by atoms with Crippen LogP contribution in [0.1, 0.15) is 19.4 Å². The Morgan fingerprint density at radius 2 is 1.94 bits per heavy atom. The van der Waals surface area contributed by atoms with E-state index in [0.29, 0.717) is 28.7 Å². The van der Waals surface area contributed by atoms with Crippen molar-refractivity contribution >= 4 is 34.6 Å². The Hall–Kier alpha value is -3.20. The summed E-state index contributed by atoms with van der Waals surface area (Å²) in [6.45, 7) is 5.95. The van der Waals surface area contributed by atoms with Crippen LogP contribution in [0.2, 0.25) is 0 Å². The van der Waals surface area contributed by atoms with Gasteiger partial charge in [0.05, 0.1) is 22.3 Å². The summed E-state index contributed by atoms with van der Waals surface area (Å²) >= 11 is 0.993. The predicted molar refractivity (Wildman–Crippen MR) is 119 cm³/mol. The molecule has 0 saturated carbocycles. The van der Waals surface area contributed by atoms with Crippen molar-refractivity contribution in [3.63, 3.8) is 0 Å². The first kappa shape index (κ1) is 22.5. The molecule has 1 heterocycles. The van der Waals surface area contributed by atoms with Crippen molar-refractivity contribution in [3.05, 3.63) is 64.2 Å². The van der Waals surface area contributed by atoms with Gasteiger partial charge >= 0.3 is 6.03 Å².